The highest BCUT2D eigenvalue weighted by atomic mass is 16.3. The van der Waals surface area contributed by atoms with Crippen LogP contribution in [0.2, 0.25) is 0 Å². The van der Waals surface area contributed by atoms with Crippen molar-refractivity contribution in [2.45, 2.75) is 13.5 Å². The van der Waals surface area contributed by atoms with Gasteiger partial charge in [-0.2, -0.15) is 0 Å². The van der Waals surface area contributed by atoms with Crippen LogP contribution in [0.1, 0.15) is 11.3 Å². The van der Waals surface area contributed by atoms with Crippen molar-refractivity contribution in [1.29, 1.82) is 0 Å². The van der Waals surface area contributed by atoms with Crippen LogP contribution in [0, 0.1) is 6.92 Å². The van der Waals surface area contributed by atoms with Crippen molar-refractivity contribution in [1.82, 2.24) is 9.97 Å². The summed E-state index contributed by atoms with van der Waals surface area (Å²) in [6, 6.07) is 7.96. The molecule has 0 aromatic carbocycles. The summed E-state index contributed by atoms with van der Waals surface area (Å²) in [7, 11) is 1.93. The number of aryl methyl sites for hydroxylation is 1. The molecule has 0 unspecified atom stereocenters. The normalized spacial score (nSPS) is 10.3. The highest BCUT2D eigenvalue weighted by Crippen LogP contribution is 2.13. The number of aliphatic hydroxyl groups excluding tert-OH is 1. The standard InChI is InChI=1S/C15H20N4O/c1-12-3-4-13(16-9-12)10-17-15-6-5-14(11-18-15)19(2)7-8-20/h3-6,9,11,20H,7-8,10H2,1-2H3,(H,17,18). The summed E-state index contributed by atoms with van der Waals surface area (Å²) in [4.78, 5) is 10.6. The third kappa shape index (κ3) is 3.93. The van der Waals surface area contributed by atoms with Crippen LogP contribution in [-0.4, -0.2) is 35.3 Å². The van der Waals surface area contributed by atoms with Crippen molar-refractivity contribution in [3.05, 3.63) is 47.9 Å². The molecule has 2 heterocycles. The third-order valence-corrected chi connectivity index (χ3v) is 3.05. The van der Waals surface area contributed by atoms with Gasteiger partial charge in [0, 0.05) is 19.8 Å². The van der Waals surface area contributed by atoms with E-state index in [1.807, 2.05) is 49.3 Å². The van der Waals surface area contributed by atoms with Crippen LogP contribution in [0.5, 0.6) is 0 Å². The molecular formula is C15H20N4O. The van der Waals surface area contributed by atoms with E-state index in [1.54, 1.807) is 6.20 Å². The first-order valence-electron chi connectivity index (χ1n) is 6.62. The number of nitrogens with zero attached hydrogens (tertiary/aromatic N) is 3. The Hall–Kier alpha value is -2.14. The van der Waals surface area contributed by atoms with Gasteiger partial charge in [-0.15, -0.1) is 0 Å². The van der Waals surface area contributed by atoms with E-state index in [0.717, 1.165) is 22.8 Å². The number of hydrogen-bond donors (Lipinski definition) is 2. The van der Waals surface area contributed by atoms with E-state index in [0.29, 0.717) is 13.1 Å². The van der Waals surface area contributed by atoms with E-state index in [2.05, 4.69) is 15.3 Å². The van der Waals surface area contributed by atoms with Crippen LogP contribution in [0.3, 0.4) is 0 Å². The van der Waals surface area contributed by atoms with Crippen molar-refractivity contribution in [3.8, 4) is 0 Å². The van der Waals surface area contributed by atoms with Crippen LogP contribution >= 0.6 is 0 Å². The second-order valence-electron chi connectivity index (χ2n) is 4.73. The molecule has 5 heteroatoms. The van der Waals surface area contributed by atoms with E-state index in [4.69, 9.17) is 5.11 Å². The van der Waals surface area contributed by atoms with Crippen molar-refractivity contribution in [2.24, 2.45) is 0 Å². The lowest BCUT2D eigenvalue weighted by Crippen LogP contribution is -2.21. The van der Waals surface area contributed by atoms with Gasteiger partial charge in [-0.1, -0.05) is 6.07 Å². The zero-order valence-corrected chi connectivity index (χ0v) is 11.9. The van der Waals surface area contributed by atoms with E-state index in [9.17, 15) is 0 Å². The first-order valence-corrected chi connectivity index (χ1v) is 6.62. The number of aliphatic hydroxyl groups is 1. The molecule has 106 valence electrons. The summed E-state index contributed by atoms with van der Waals surface area (Å²) < 4.78 is 0. The number of nitrogens with one attached hydrogen (secondary N) is 1. The Morgan fingerprint density at radius 2 is 2.00 bits per heavy atom. The second-order valence-corrected chi connectivity index (χ2v) is 4.73. The lowest BCUT2D eigenvalue weighted by Gasteiger charge is -2.17. The maximum absolute atomic E-state index is 8.90. The molecule has 0 amide bonds. The van der Waals surface area contributed by atoms with Gasteiger partial charge in [0.05, 0.1) is 30.7 Å². The van der Waals surface area contributed by atoms with Crippen molar-refractivity contribution in [3.63, 3.8) is 0 Å². The van der Waals surface area contributed by atoms with Crippen molar-refractivity contribution >= 4 is 11.5 Å². The molecule has 0 aliphatic rings. The van der Waals surface area contributed by atoms with Gasteiger partial charge in [-0.25, -0.2) is 4.98 Å². The highest BCUT2D eigenvalue weighted by Gasteiger charge is 2.01. The predicted octanol–water partition coefficient (Wildman–Crippen LogP) is 1.83. The molecular weight excluding hydrogens is 252 g/mol. The Bertz CT molecular complexity index is 525. The first-order chi connectivity index (χ1) is 9.69. The van der Waals surface area contributed by atoms with E-state index < -0.39 is 0 Å². The Labute approximate surface area is 119 Å². The Morgan fingerprint density at radius 3 is 2.60 bits per heavy atom. The molecule has 2 aromatic heterocycles. The largest absolute Gasteiger partial charge is 0.395 e. The molecule has 2 aromatic rings. The summed E-state index contributed by atoms with van der Waals surface area (Å²) in [5, 5.41) is 12.1. The van der Waals surface area contributed by atoms with Crippen LogP contribution in [0.4, 0.5) is 11.5 Å². The van der Waals surface area contributed by atoms with Gasteiger partial charge in [0.2, 0.25) is 0 Å². The van der Waals surface area contributed by atoms with Crippen LogP contribution < -0.4 is 10.2 Å². The maximum atomic E-state index is 8.90. The molecule has 0 saturated carbocycles. The van der Waals surface area contributed by atoms with Crippen LogP contribution in [-0.2, 0) is 6.54 Å². The smallest absolute Gasteiger partial charge is 0.126 e. The lowest BCUT2D eigenvalue weighted by atomic mass is 10.3. The average molecular weight is 272 g/mol. The molecule has 0 saturated heterocycles. The minimum Gasteiger partial charge on any atom is -0.395 e. The zero-order chi connectivity index (χ0) is 14.4. The molecule has 20 heavy (non-hydrogen) atoms. The molecule has 0 radical (unpaired) electrons. The number of hydrogen-bond acceptors (Lipinski definition) is 5. The minimum absolute atomic E-state index is 0.135. The monoisotopic (exact) mass is 272 g/mol. The number of anilines is 2. The fraction of sp³-hybridized carbons (Fsp3) is 0.333. The van der Waals surface area contributed by atoms with E-state index in [-0.39, 0.29) is 6.61 Å². The van der Waals surface area contributed by atoms with Crippen LogP contribution in [0.25, 0.3) is 0 Å². The van der Waals surface area contributed by atoms with Crippen molar-refractivity contribution < 1.29 is 5.11 Å². The van der Waals surface area contributed by atoms with E-state index >= 15 is 0 Å². The van der Waals surface area contributed by atoms with Gasteiger partial charge in [0.15, 0.2) is 0 Å². The topological polar surface area (TPSA) is 61.3 Å². The first kappa shape index (κ1) is 14.3. The number of pyridine rings is 2. The quantitative estimate of drug-likeness (QED) is 0.840. The second kappa shape index (κ2) is 6.86. The van der Waals surface area contributed by atoms with Gasteiger partial charge in [0.1, 0.15) is 5.82 Å². The molecule has 0 aliphatic heterocycles. The SMILES string of the molecule is Cc1ccc(CNc2ccc(N(C)CCO)cn2)nc1. The Kier molecular flexibility index (Phi) is 4.90. The van der Waals surface area contributed by atoms with Gasteiger partial charge in [-0.05, 0) is 30.7 Å². The fourth-order valence-electron chi connectivity index (χ4n) is 1.78. The van der Waals surface area contributed by atoms with Gasteiger partial charge < -0.3 is 15.3 Å². The van der Waals surface area contributed by atoms with Gasteiger partial charge >= 0.3 is 0 Å². The van der Waals surface area contributed by atoms with Crippen molar-refractivity contribution in [2.75, 3.05) is 30.4 Å². The van der Waals surface area contributed by atoms with Gasteiger partial charge in [0.25, 0.3) is 0 Å². The molecule has 5 nitrogen and oxygen atoms in total. The molecule has 0 atom stereocenters. The number of aromatic nitrogens is 2. The molecule has 0 fully saturated rings. The molecule has 0 bridgehead atoms. The molecule has 2 N–H and O–H groups in total. The average Bonchev–Trinajstić information content (AvgIpc) is 2.47. The number of rotatable bonds is 6. The summed E-state index contributed by atoms with van der Waals surface area (Å²) >= 11 is 0. The zero-order valence-electron chi connectivity index (χ0n) is 11.9. The summed E-state index contributed by atoms with van der Waals surface area (Å²) in [5.74, 6) is 0.813. The summed E-state index contributed by atoms with van der Waals surface area (Å²) in [6.45, 7) is 3.41. The molecule has 2 rings (SSSR count). The summed E-state index contributed by atoms with van der Waals surface area (Å²) in [6.07, 6.45) is 3.65. The highest BCUT2D eigenvalue weighted by molar-refractivity contribution is 5.48. The Morgan fingerprint density at radius 1 is 1.15 bits per heavy atom. The maximum Gasteiger partial charge on any atom is 0.126 e. The minimum atomic E-state index is 0.135. The third-order valence-electron chi connectivity index (χ3n) is 3.05. The lowest BCUT2D eigenvalue weighted by molar-refractivity contribution is 0.304. The molecule has 0 spiro atoms. The summed E-state index contributed by atoms with van der Waals surface area (Å²) in [5.41, 5.74) is 3.13. The fourth-order valence-corrected chi connectivity index (χ4v) is 1.78. The van der Waals surface area contributed by atoms with Crippen LogP contribution in [0.15, 0.2) is 36.7 Å². The van der Waals surface area contributed by atoms with Gasteiger partial charge in [-0.3, -0.25) is 4.98 Å². The Balaban J connectivity index is 1.92. The van der Waals surface area contributed by atoms with E-state index in [1.165, 1.54) is 0 Å². The predicted molar refractivity (Wildman–Crippen MR) is 80.9 cm³/mol. The number of likely N-dealkylation sites (N-methyl/N-ethyl adjacent to an activating group) is 1. The molecule has 0 aliphatic carbocycles.